The van der Waals surface area contributed by atoms with Crippen molar-refractivity contribution in [1.29, 1.82) is 0 Å². The zero-order valence-electron chi connectivity index (χ0n) is 20.9. The topological polar surface area (TPSA) is 0 Å². The van der Waals surface area contributed by atoms with Crippen LogP contribution in [0.4, 0.5) is 0 Å². The van der Waals surface area contributed by atoms with Gasteiger partial charge in [-0.05, 0) is 0 Å². The van der Waals surface area contributed by atoms with E-state index in [1.807, 2.05) is 5.57 Å². The Hall–Kier alpha value is 0.283. The summed E-state index contributed by atoms with van der Waals surface area (Å²) >= 11 is 1.67. The Balaban J connectivity index is 0.00000144. The van der Waals surface area contributed by atoms with Crippen LogP contribution in [0.15, 0.2) is 53.1 Å². The fourth-order valence-electron chi connectivity index (χ4n) is 7.93. The van der Waals surface area contributed by atoms with Crippen LogP contribution in [0.1, 0.15) is 79.4 Å². The van der Waals surface area contributed by atoms with Gasteiger partial charge in [0.25, 0.3) is 0 Å². The van der Waals surface area contributed by atoms with Gasteiger partial charge in [0.15, 0.2) is 0 Å². The molecule has 1 saturated carbocycles. The van der Waals surface area contributed by atoms with E-state index < -0.39 is 0 Å². The van der Waals surface area contributed by atoms with E-state index in [0.29, 0.717) is 5.92 Å². The Morgan fingerprint density at radius 3 is 2.12 bits per heavy atom. The largest absolute Gasteiger partial charge is 1.00 e. The average Bonchev–Trinajstić information content (AvgIpc) is 3.05. The molecule has 0 heterocycles. The van der Waals surface area contributed by atoms with Gasteiger partial charge in [0.05, 0.1) is 0 Å². The summed E-state index contributed by atoms with van der Waals surface area (Å²) in [5, 5.41) is 0. The van der Waals surface area contributed by atoms with Gasteiger partial charge in [-0.25, -0.2) is 0 Å². The SMILES string of the molecule is C[C]1([Zr+2])C2=C3Cc4ccccc4C3=C3C=CCCC3C2(C)C(C)(C)C(C)(C)C1(C)C.[Br-].[Br-]. The first-order chi connectivity index (χ1) is 13.8. The molecule has 0 bridgehead atoms. The molecule has 5 rings (SSSR count). The predicted octanol–water partition coefficient (Wildman–Crippen LogP) is 2.10. The molecular weight excluding hydrogens is 599 g/mol. The number of allylic oxidation sites excluding steroid dienone is 6. The maximum absolute atomic E-state index is 2.66. The molecule has 171 valence electrons. The number of halogens is 2. The predicted molar refractivity (Wildman–Crippen MR) is 124 cm³/mol. The van der Waals surface area contributed by atoms with E-state index in [0.717, 1.165) is 6.42 Å². The molecule has 1 aromatic rings. The van der Waals surface area contributed by atoms with Crippen LogP contribution in [-0.4, -0.2) is 0 Å². The van der Waals surface area contributed by atoms with Gasteiger partial charge in [0.1, 0.15) is 0 Å². The van der Waals surface area contributed by atoms with Crippen molar-refractivity contribution in [3.8, 4) is 0 Å². The van der Waals surface area contributed by atoms with Crippen LogP contribution in [0.5, 0.6) is 0 Å². The van der Waals surface area contributed by atoms with E-state index in [1.54, 1.807) is 41.4 Å². The monoisotopic (exact) mass is 633 g/mol. The summed E-state index contributed by atoms with van der Waals surface area (Å²) in [6, 6.07) is 9.23. The number of fused-ring (bicyclic) bond motifs is 6. The van der Waals surface area contributed by atoms with Crippen molar-refractivity contribution in [2.45, 2.75) is 77.8 Å². The molecule has 4 aliphatic carbocycles. The molecule has 32 heavy (non-hydrogen) atoms. The molecule has 0 radical (unpaired) electrons. The van der Waals surface area contributed by atoms with Gasteiger partial charge in [-0.3, -0.25) is 0 Å². The minimum atomic E-state index is 0. The third-order valence-electron chi connectivity index (χ3n) is 11.2. The molecule has 1 aromatic carbocycles. The molecule has 0 aromatic heterocycles. The summed E-state index contributed by atoms with van der Waals surface area (Å²) in [4.78, 5) is 0. The second-order valence-electron chi connectivity index (χ2n) is 12.3. The minimum Gasteiger partial charge on any atom is -1.00 e. The molecule has 3 heteroatoms. The molecule has 0 amide bonds. The van der Waals surface area contributed by atoms with Gasteiger partial charge in [0, 0.05) is 0 Å². The van der Waals surface area contributed by atoms with Crippen molar-refractivity contribution >= 4 is 5.57 Å². The van der Waals surface area contributed by atoms with Crippen LogP contribution < -0.4 is 34.0 Å². The standard InChI is InChI=1S/C29H37.2BrH.Zr/c1-18-25-22-17-19-13-9-10-14-20(19)24(22)21-15-11-12-16-23(21)29(25,8)28(6,7)27(4,5)26(18,2)3;;;/h9-11,13-15,23H,12,16-17H2,1-8H3;2*1H;/q;;;+2/p-2. The zero-order valence-corrected chi connectivity index (χ0v) is 26.5. The Kier molecular flexibility index (Phi) is 6.63. The summed E-state index contributed by atoms with van der Waals surface area (Å²) in [5.41, 5.74) is 10.6. The number of benzene rings is 1. The third-order valence-corrected chi connectivity index (χ3v) is 13.4. The Bertz CT molecular complexity index is 1050. The second-order valence-corrected chi connectivity index (χ2v) is 14.7. The summed E-state index contributed by atoms with van der Waals surface area (Å²) in [7, 11) is 0. The van der Waals surface area contributed by atoms with Crippen LogP contribution >= 0.6 is 0 Å². The normalized spacial score (nSPS) is 35.1. The van der Waals surface area contributed by atoms with Gasteiger partial charge in [-0.15, -0.1) is 0 Å². The van der Waals surface area contributed by atoms with E-state index in [4.69, 9.17) is 0 Å². The quantitative estimate of drug-likeness (QED) is 0.410. The summed E-state index contributed by atoms with van der Waals surface area (Å²) in [6.45, 7) is 20.8. The van der Waals surface area contributed by atoms with Crippen molar-refractivity contribution < 1.29 is 58.7 Å². The van der Waals surface area contributed by atoms with Crippen LogP contribution in [-0.2, 0) is 31.1 Å². The van der Waals surface area contributed by atoms with Crippen LogP contribution in [0.25, 0.3) is 5.57 Å². The van der Waals surface area contributed by atoms with Crippen molar-refractivity contribution in [3.63, 3.8) is 0 Å². The molecule has 3 unspecified atom stereocenters. The van der Waals surface area contributed by atoms with Gasteiger partial charge in [0.2, 0.25) is 0 Å². The molecule has 1 fully saturated rings. The number of hydrogen-bond acceptors (Lipinski definition) is 0. The molecule has 0 saturated heterocycles. The number of rotatable bonds is 0. The van der Waals surface area contributed by atoms with Crippen LogP contribution in [0, 0.1) is 27.6 Å². The van der Waals surface area contributed by atoms with Gasteiger partial charge < -0.3 is 34.0 Å². The van der Waals surface area contributed by atoms with Gasteiger partial charge in [-0.2, -0.15) is 0 Å². The molecule has 0 spiro atoms. The Labute approximate surface area is 232 Å². The molecule has 0 nitrogen and oxygen atoms in total. The Morgan fingerprint density at radius 1 is 0.844 bits per heavy atom. The minimum absolute atomic E-state index is 0. The molecule has 0 N–H and O–H groups in total. The fraction of sp³-hybridized carbons (Fsp3) is 0.586. The third kappa shape index (κ3) is 2.80. The maximum atomic E-state index is 2.66. The molecule has 0 aliphatic heterocycles. The first-order valence-corrected chi connectivity index (χ1v) is 13.0. The maximum Gasteiger partial charge on any atom is -1.00 e. The van der Waals surface area contributed by atoms with Crippen LogP contribution in [0.3, 0.4) is 0 Å². The summed E-state index contributed by atoms with van der Waals surface area (Å²) < 4.78 is 0.225. The van der Waals surface area contributed by atoms with E-state index in [-0.39, 0.29) is 58.7 Å². The fourth-order valence-corrected chi connectivity index (χ4v) is 9.71. The van der Waals surface area contributed by atoms with Crippen molar-refractivity contribution in [1.82, 2.24) is 0 Å². The molecule has 4 aliphatic rings. The average molecular weight is 637 g/mol. The second kappa shape index (κ2) is 7.89. The first kappa shape index (κ1) is 26.9. The van der Waals surface area contributed by atoms with Crippen molar-refractivity contribution in [3.05, 3.63) is 64.3 Å². The first-order valence-electron chi connectivity index (χ1n) is 11.8. The van der Waals surface area contributed by atoms with Crippen molar-refractivity contribution in [2.75, 3.05) is 0 Å². The summed E-state index contributed by atoms with van der Waals surface area (Å²) in [5.74, 6) is 0.618. The number of hydrogen-bond donors (Lipinski definition) is 0. The van der Waals surface area contributed by atoms with E-state index in [2.05, 4.69) is 91.8 Å². The molecule has 3 atom stereocenters. The summed E-state index contributed by atoms with van der Waals surface area (Å²) in [6.07, 6.45) is 8.58. The van der Waals surface area contributed by atoms with Crippen molar-refractivity contribution in [2.24, 2.45) is 27.6 Å². The van der Waals surface area contributed by atoms with Gasteiger partial charge >= 0.3 is 200 Å². The smallest absolute Gasteiger partial charge is 1.00 e. The van der Waals surface area contributed by atoms with E-state index in [1.165, 1.54) is 24.0 Å². The van der Waals surface area contributed by atoms with Gasteiger partial charge in [-0.1, -0.05) is 0 Å². The Morgan fingerprint density at radius 2 is 1.47 bits per heavy atom. The zero-order chi connectivity index (χ0) is 21.9. The van der Waals surface area contributed by atoms with Crippen LogP contribution in [0.2, 0.25) is 3.12 Å². The van der Waals surface area contributed by atoms with E-state index in [9.17, 15) is 0 Å². The molecular formula is C29H37Br2Zr. The van der Waals surface area contributed by atoms with E-state index >= 15 is 0 Å².